The summed E-state index contributed by atoms with van der Waals surface area (Å²) in [6.07, 6.45) is 1.20. The third-order valence-electron chi connectivity index (χ3n) is 5.09. The first-order chi connectivity index (χ1) is 17.0. The molecule has 0 aliphatic heterocycles. The minimum absolute atomic E-state index is 0.00733. The number of methoxy groups -OCH3 is 4. The number of carbonyl (C=O) groups is 1. The molecule has 4 aromatic rings. The van der Waals surface area contributed by atoms with E-state index in [9.17, 15) is 9.59 Å². The molecule has 0 radical (unpaired) electrons. The van der Waals surface area contributed by atoms with Crippen molar-refractivity contribution in [3.63, 3.8) is 0 Å². The van der Waals surface area contributed by atoms with Crippen molar-refractivity contribution >= 4 is 16.9 Å². The molecule has 35 heavy (non-hydrogen) atoms. The fourth-order valence-electron chi connectivity index (χ4n) is 3.38. The Labute approximate surface area is 200 Å². The molecule has 0 amide bonds. The molecule has 9 heteroatoms. The van der Waals surface area contributed by atoms with Crippen molar-refractivity contribution in [1.82, 2.24) is 0 Å². The maximum atomic E-state index is 12.9. The molecule has 0 bridgehead atoms. The molecule has 0 aliphatic rings. The van der Waals surface area contributed by atoms with Crippen molar-refractivity contribution in [2.45, 2.75) is 0 Å². The van der Waals surface area contributed by atoms with Crippen LogP contribution in [0, 0.1) is 0 Å². The maximum Gasteiger partial charge on any atom is 0.343 e. The van der Waals surface area contributed by atoms with E-state index in [0.717, 1.165) is 0 Å². The second kappa shape index (κ2) is 10.1. The highest BCUT2D eigenvalue weighted by atomic mass is 16.5. The number of benzene rings is 3. The normalized spacial score (nSPS) is 10.5. The highest BCUT2D eigenvalue weighted by Gasteiger charge is 2.19. The predicted molar refractivity (Wildman–Crippen MR) is 127 cm³/mol. The standard InChI is InChI=1S/C26H22O9/c1-29-16-6-5-7-17(12-16)34-23-14-33-20-13-18(8-9-19(20)24(23)27)35-26(28)15-10-21(30-2)25(32-4)22(11-15)31-3/h5-14H,1-4H3. The summed E-state index contributed by atoms with van der Waals surface area (Å²) in [5, 5.41) is 0.262. The molecule has 180 valence electrons. The van der Waals surface area contributed by atoms with Crippen LogP contribution in [0.4, 0.5) is 0 Å². The Hall–Kier alpha value is -4.66. The summed E-state index contributed by atoms with van der Waals surface area (Å²) >= 11 is 0. The van der Waals surface area contributed by atoms with Gasteiger partial charge in [-0.25, -0.2) is 4.79 Å². The Kier molecular flexibility index (Phi) is 6.77. The number of rotatable bonds is 8. The van der Waals surface area contributed by atoms with Gasteiger partial charge in [0, 0.05) is 12.1 Å². The second-order valence-corrected chi connectivity index (χ2v) is 7.17. The quantitative estimate of drug-likeness (QED) is 0.260. The Bertz CT molecular complexity index is 1410. The van der Waals surface area contributed by atoms with E-state index in [1.165, 1.54) is 65.0 Å². The van der Waals surface area contributed by atoms with Gasteiger partial charge in [-0.15, -0.1) is 0 Å². The van der Waals surface area contributed by atoms with E-state index in [1.54, 1.807) is 24.3 Å². The molecule has 0 fully saturated rings. The molecular weight excluding hydrogens is 456 g/mol. The van der Waals surface area contributed by atoms with Crippen LogP contribution in [0.3, 0.4) is 0 Å². The van der Waals surface area contributed by atoms with Crippen LogP contribution in [0.25, 0.3) is 11.0 Å². The summed E-state index contributed by atoms with van der Waals surface area (Å²) in [6, 6.07) is 14.2. The number of ether oxygens (including phenoxy) is 6. The molecule has 1 heterocycles. The Morgan fingerprint density at radius 2 is 1.46 bits per heavy atom. The third kappa shape index (κ3) is 4.84. The van der Waals surface area contributed by atoms with Gasteiger partial charge < -0.3 is 32.8 Å². The van der Waals surface area contributed by atoms with E-state index in [2.05, 4.69) is 0 Å². The van der Waals surface area contributed by atoms with Crippen molar-refractivity contribution in [2.75, 3.05) is 28.4 Å². The Balaban J connectivity index is 1.59. The van der Waals surface area contributed by atoms with Crippen molar-refractivity contribution < 1.29 is 37.6 Å². The largest absolute Gasteiger partial charge is 0.497 e. The van der Waals surface area contributed by atoms with Crippen LogP contribution in [0.5, 0.6) is 40.2 Å². The van der Waals surface area contributed by atoms with E-state index in [4.69, 9.17) is 32.8 Å². The van der Waals surface area contributed by atoms with E-state index < -0.39 is 5.97 Å². The van der Waals surface area contributed by atoms with E-state index in [1.807, 2.05) is 0 Å². The van der Waals surface area contributed by atoms with Crippen LogP contribution < -0.4 is 33.8 Å². The van der Waals surface area contributed by atoms with Gasteiger partial charge in [-0.2, -0.15) is 0 Å². The molecule has 0 saturated carbocycles. The molecule has 0 aliphatic carbocycles. The molecule has 4 rings (SSSR count). The average Bonchev–Trinajstić information content (AvgIpc) is 2.89. The van der Waals surface area contributed by atoms with Crippen molar-refractivity contribution in [1.29, 1.82) is 0 Å². The highest BCUT2D eigenvalue weighted by molar-refractivity contribution is 5.93. The van der Waals surface area contributed by atoms with Crippen LogP contribution in [-0.4, -0.2) is 34.4 Å². The van der Waals surface area contributed by atoms with Gasteiger partial charge in [0.2, 0.25) is 16.9 Å². The molecule has 3 aromatic carbocycles. The first-order valence-electron chi connectivity index (χ1n) is 10.4. The van der Waals surface area contributed by atoms with Crippen LogP contribution in [-0.2, 0) is 0 Å². The number of hydrogen-bond donors (Lipinski definition) is 0. The van der Waals surface area contributed by atoms with Gasteiger partial charge in [0.05, 0.1) is 39.4 Å². The second-order valence-electron chi connectivity index (χ2n) is 7.17. The number of fused-ring (bicyclic) bond motifs is 1. The maximum absolute atomic E-state index is 12.9. The van der Waals surface area contributed by atoms with E-state index in [0.29, 0.717) is 28.7 Å². The summed E-state index contributed by atoms with van der Waals surface area (Å²) in [5.74, 6) is 1.51. The molecule has 1 aromatic heterocycles. The zero-order valence-corrected chi connectivity index (χ0v) is 19.4. The lowest BCUT2D eigenvalue weighted by Gasteiger charge is -2.13. The first-order valence-corrected chi connectivity index (χ1v) is 10.4. The summed E-state index contributed by atoms with van der Waals surface area (Å²) in [5.41, 5.74) is 0.0304. The smallest absolute Gasteiger partial charge is 0.343 e. The molecule has 0 saturated heterocycles. The topological polar surface area (TPSA) is 103 Å². The van der Waals surface area contributed by atoms with Crippen LogP contribution in [0.1, 0.15) is 10.4 Å². The van der Waals surface area contributed by atoms with E-state index >= 15 is 0 Å². The Morgan fingerprint density at radius 1 is 0.743 bits per heavy atom. The van der Waals surface area contributed by atoms with Gasteiger partial charge in [0.15, 0.2) is 11.5 Å². The van der Waals surface area contributed by atoms with Crippen molar-refractivity contribution in [3.05, 3.63) is 76.6 Å². The van der Waals surface area contributed by atoms with Crippen LogP contribution in [0.15, 0.2) is 70.1 Å². The molecular formula is C26H22O9. The zero-order valence-electron chi connectivity index (χ0n) is 19.4. The van der Waals surface area contributed by atoms with E-state index in [-0.39, 0.29) is 33.5 Å². The van der Waals surface area contributed by atoms with Crippen molar-refractivity contribution in [3.8, 4) is 40.2 Å². The van der Waals surface area contributed by atoms with Gasteiger partial charge in [0.25, 0.3) is 0 Å². The lowest BCUT2D eigenvalue weighted by Crippen LogP contribution is -2.10. The zero-order chi connectivity index (χ0) is 24.9. The van der Waals surface area contributed by atoms with Gasteiger partial charge in [-0.05, 0) is 36.4 Å². The SMILES string of the molecule is COc1cccc(Oc2coc3cc(OC(=O)c4cc(OC)c(OC)c(OC)c4)ccc3c2=O)c1. The lowest BCUT2D eigenvalue weighted by molar-refractivity contribution is 0.0734. The lowest BCUT2D eigenvalue weighted by atomic mass is 10.1. The van der Waals surface area contributed by atoms with Gasteiger partial charge in [-0.3, -0.25) is 4.79 Å². The fourth-order valence-corrected chi connectivity index (χ4v) is 3.38. The molecule has 0 spiro atoms. The molecule has 0 unspecified atom stereocenters. The Morgan fingerprint density at radius 3 is 2.11 bits per heavy atom. The monoisotopic (exact) mass is 478 g/mol. The number of esters is 1. The number of hydrogen-bond acceptors (Lipinski definition) is 9. The fraction of sp³-hybridized carbons (Fsp3) is 0.154. The summed E-state index contributed by atoms with van der Waals surface area (Å²) in [7, 11) is 5.90. The summed E-state index contributed by atoms with van der Waals surface area (Å²) in [4.78, 5) is 25.6. The molecule has 0 N–H and O–H groups in total. The third-order valence-corrected chi connectivity index (χ3v) is 5.09. The van der Waals surface area contributed by atoms with Crippen LogP contribution >= 0.6 is 0 Å². The first kappa shape index (κ1) is 23.5. The summed E-state index contributed by atoms with van der Waals surface area (Å²) in [6.45, 7) is 0. The van der Waals surface area contributed by atoms with Crippen LogP contribution in [0.2, 0.25) is 0 Å². The molecule has 9 nitrogen and oxygen atoms in total. The van der Waals surface area contributed by atoms with Crippen molar-refractivity contribution in [2.24, 2.45) is 0 Å². The highest BCUT2D eigenvalue weighted by Crippen LogP contribution is 2.38. The minimum atomic E-state index is -0.663. The molecule has 0 atom stereocenters. The van der Waals surface area contributed by atoms with Gasteiger partial charge in [0.1, 0.15) is 29.1 Å². The van der Waals surface area contributed by atoms with Gasteiger partial charge in [-0.1, -0.05) is 6.07 Å². The summed E-state index contributed by atoms with van der Waals surface area (Å²) < 4.78 is 37.7. The van der Waals surface area contributed by atoms with Gasteiger partial charge >= 0.3 is 5.97 Å². The predicted octanol–water partition coefficient (Wildman–Crippen LogP) is 4.84. The average molecular weight is 478 g/mol. The number of carbonyl (C=O) groups excluding carboxylic acids is 1. The minimum Gasteiger partial charge on any atom is -0.497 e.